The first kappa shape index (κ1) is 18.2. The Morgan fingerprint density at radius 1 is 1.30 bits per heavy atom. The van der Waals surface area contributed by atoms with Gasteiger partial charge in [-0.05, 0) is 0 Å². The summed E-state index contributed by atoms with van der Waals surface area (Å²) < 4.78 is 6.94. The first-order valence-corrected chi connectivity index (χ1v) is 7.25. The number of anilines is 1. The van der Waals surface area contributed by atoms with Crippen molar-refractivity contribution in [3.05, 3.63) is 10.5 Å². The molecule has 1 aromatic rings. The zero-order valence-electron chi connectivity index (χ0n) is 14.2. The minimum atomic E-state index is -1.91. The van der Waals surface area contributed by atoms with Gasteiger partial charge in [0.15, 0.2) is 23.5 Å². The number of aliphatic hydroxyl groups is 3. The molecule has 15 heteroatoms. The van der Waals surface area contributed by atoms with Crippen molar-refractivity contribution >= 4 is 58.7 Å². The van der Waals surface area contributed by atoms with Crippen LogP contribution < -0.4 is 17.1 Å². The van der Waals surface area contributed by atoms with Gasteiger partial charge in [0, 0.05) is 5.40 Å². The molecule has 1 saturated heterocycles. The molecule has 23 heavy (non-hydrogen) atoms. The van der Waals surface area contributed by atoms with E-state index in [1.165, 1.54) is 47.1 Å². The molecule has 1 aliphatic heterocycles. The van der Waals surface area contributed by atoms with E-state index < -0.39 is 33.8 Å². The highest BCUT2D eigenvalue weighted by Gasteiger charge is 2.68. The van der Waals surface area contributed by atoms with Crippen molar-refractivity contribution in [3.63, 3.8) is 0 Å². The lowest BCUT2D eigenvalue weighted by Gasteiger charge is -2.41. The summed E-state index contributed by atoms with van der Waals surface area (Å²) in [5, 5.41) is 30.5. The van der Waals surface area contributed by atoms with Crippen molar-refractivity contribution < 1.29 is 20.1 Å². The fourth-order valence-corrected chi connectivity index (χ4v) is 3.11. The highest BCUT2D eigenvalue weighted by atomic mass is 16.6. The Bertz CT molecular complexity index is 709. The van der Waals surface area contributed by atoms with Gasteiger partial charge in [0.1, 0.15) is 35.3 Å². The van der Waals surface area contributed by atoms with Crippen molar-refractivity contribution in [1.82, 2.24) is 14.5 Å². The molecule has 0 aromatic carbocycles. The van der Waals surface area contributed by atoms with E-state index in [1.54, 1.807) is 0 Å². The minimum Gasteiger partial charge on any atom is -0.405 e. The lowest BCUT2D eigenvalue weighted by Crippen LogP contribution is -2.66. The summed E-state index contributed by atoms with van der Waals surface area (Å²) in [5.41, 5.74) is -0.312. The predicted molar refractivity (Wildman–Crippen MR) is 99.3 cm³/mol. The maximum atomic E-state index is 12.3. The molecule has 1 aliphatic rings. The number of ether oxygens (including phenoxy) is 1. The molecule has 0 bridgehead atoms. The highest BCUT2D eigenvalue weighted by Crippen LogP contribution is 2.46. The van der Waals surface area contributed by atoms with E-state index >= 15 is 0 Å². The third kappa shape index (κ3) is 2.29. The fraction of sp³-hybridized carbons (Fsp3) is 0.625. The van der Waals surface area contributed by atoms with E-state index in [0.717, 1.165) is 4.57 Å². The van der Waals surface area contributed by atoms with Gasteiger partial charge in [0.25, 0.3) is 0 Å². The van der Waals surface area contributed by atoms with Gasteiger partial charge < -0.3 is 25.8 Å². The van der Waals surface area contributed by atoms with E-state index in [1.807, 2.05) is 0 Å². The Balaban J connectivity index is 2.75. The molecule has 0 spiro atoms. The average molecular weight is 315 g/mol. The van der Waals surface area contributed by atoms with Crippen LogP contribution in [0.2, 0.25) is 0 Å². The minimum absolute atomic E-state index is 0.164. The Labute approximate surface area is 138 Å². The number of hydrogen-bond donors (Lipinski definition) is 4. The maximum absolute atomic E-state index is 12.3. The third-order valence-corrected chi connectivity index (χ3v) is 5.05. The lowest BCUT2D eigenvalue weighted by atomic mass is 9.45. The molecule has 9 nitrogen and oxygen atoms in total. The van der Waals surface area contributed by atoms with Gasteiger partial charge in [0.2, 0.25) is 5.95 Å². The largest absolute Gasteiger partial charge is 0.405 e. The molecule has 5 N–H and O–H groups in total. The van der Waals surface area contributed by atoms with Crippen molar-refractivity contribution in [2.45, 2.75) is 28.1 Å². The normalized spacial score (nSPS) is 37.8. The van der Waals surface area contributed by atoms with Crippen molar-refractivity contribution in [1.29, 1.82) is 0 Å². The lowest BCUT2D eigenvalue weighted by molar-refractivity contribution is -0.130. The summed E-state index contributed by atoms with van der Waals surface area (Å²) in [6.07, 6.45) is -1.48. The SMILES string of the molecule is Bc1nc(N)nc(=O)n1C1(B)OC(B)(C(B)(B)O)[C@H](O)C1(B)O. The van der Waals surface area contributed by atoms with Gasteiger partial charge in [-0.15, -0.1) is 0 Å². The number of aliphatic hydroxyl groups excluding tert-OH is 1. The zero-order chi connectivity index (χ0) is 18.0. The van der Waals surface area contributed by atoms with Gasteiger partial charge >= 0.3 is 5.69 Å². The summed E-state index contributed by atoms with van der Waals surface area (Å²) in [7, 11) is 8.64. The summed E-state index contributed by atoms with van der Waals surface area (Å²) in [6, 6.07) is 0. The monoisotopic (exact) mass is 316 g/mol. The fourth-order valence-electron chi connectivity index (χ4n) is 3.11. The quantitative estimate of drug-likeness (QED) is 0.394. The first-order chi connectivity index (χ1) is 10.2. The van der Waals surface area contributed by atoms with E-state index in [4.69, 9.17) is 10.5 Å². The molecule has 2 rings (SSSR count). The van der Waals surface area contributed by atoms with E-state index in [2.05, 4.69) is 9.97 Å². The summed E-state index contributed by atoms with van der Waals surface area (Å²) >= 11 is 0. The second-order valence-electron chi connectivity index (χ2n) is 7.05. The molecule has 1 fully saturated rings. The topological polar surface area (TPSA) is 144 Å². The molecule has 2 heterocycles. The molecule has 0 saturated carbocycles. The van der Waals surface area contributed by atoms with Crippen LogP contribution in [0.25, 0.3) is 0 Å². The smallest absolute Gasteiger partial charge is 0.353 e. The van der Waals surface area contributed by atoms with Crippen molar-refractivity contribution in [3.8, 4) is 0 Å². The van der Waals surface area contributed by atoms with Gasteiger partial charge in [-0.3, -0.25) is 4.57 Å². The summed E-state index contributed by atoms with van der Waals surface area (Å²) in [6.45, 7) is 0. The van der Waals surface area contributed by atoms with Gasteiger partial charge in [-0.2, -0.15) is 4.98 Å². The maximum Gasteiger partial charge on any atom is 0.353 e. The zero-order valence-corrected chi connectivity index (χ0v) is 14.2. The molecule has 1 aromatic heterocycles. The first-order valence-electron chi connectivity index (χ1n) is 7.25. The molecule has 0 aliphatic carbocycles. The summed E-state index contributed by atoms with van der Waals surface area (Å²) in [4.78, 5) is 19.8. The van der Waals surface area contributed by atoms with Crippen LogP contribution in [0.3, 0.4) is 0 Å². The van der Waals surface area contributed by atoms with Crippen LogP contribution in [0.15, 0.2) is 4.79 Å². The molecule has 118 valence electrons. The number of nitrogens with two attached hydrogens (primary N) is 1. The average Bonchev–Trinajstić information content (AvgIpc) is 2.47. The summed E-state index contributed by atoms with van der Waals surface area (Å²) in [5.74, 6) is -0.198. The Morgan fingerprint density at radius 3 is 2.22 bits per heavy atom. The third-order valence-electron chi connectivity index (χ3n) is 5.05. The number of nitrogens with zero attached hydrogens (tertiary/aromatic N) is 3. The van der Waals surface area contributed by atoms with Gasteiger partial charge in [0.05, 0.1) is 16.7 Å². The second kappa shape index (κ2) is 4.92. The molecule has 3 unspecified atom stereocenters. The Hall–Kier alpha value is -1.16. The van der Waals surface area contributed by atoms with Crippen LogP contribution in [0, 0.1) is 0 Å². The highest BCUT2D eigenvalue weighted by molar-refractivity contribution is 6.44. The van der Waals surface area contributed by atoms with E-state index in [0.29, 0.717) is 0 Å². The van der Waals surface area contributed by atoms with Gasteiger partial charge in [-0.1, -0.05) is 0 Å². The molecule has 0 amide bonds. The van der Waals surface area contributed by atoms with Crippen LogP contribution in [-0.2, 0) is 10.4 Å². The van der Waals surface area contributed by atoms with E-state index in [9.17, 15) is 20.1 Å². The van der Waals surface area contributed by atoms with Crippen LogP contribution in [0.4, 0.5) is 5.95 Å². The molecule has 4 atom stereocenters. The Morgan fingerprint density at radius 2 is 1.83 bits per heavy atom. The standard InChI is InChI=1S/C8H18B6N4O5/c9-2-16-3(15)17-4(20)18(2)8(14)5(10,21)1(19)6(11,23-8)7(12,13)22/h1,19,21-22H,9-14H2,(H2,15,17,20)/t1-,5?,6?,8?/m1/s1. The molecular weight excluding hydrogens is 297 g/mol. The predicted octanol–water partition coefficient (Wildman–Crippen LogP) is -10.3. The van der Waals surface area contributed by atoms with Crippen LogP contribution in [-0.4, -0.2) is 99.4 Å². The number of aromatic nitrogens is 3. The van der Waals surface area contributed by atoms with Crippen LogP contribution >= 0.6 is 0 Å². The van der Waals surface area contributed by atoms with Crippen LogP contribution in [0.1, 0.15) is 0 Å². The molecular formula is C8H18B6N4O5. The Kier molecular flexibility index (Phi) is 3.89. The van der Waals surface area contributed by atoms with Gasteiger partial charge in [-0.25, -0.2) is 9.78 Å². The van der Waals surface area contributed by atoms with Crippen molar-refractivity contribution in [2.75, 3.05) is 5.73 Å². The van der Waals surface area contributed by atoms with E-state index in [-0.39, 0.29) is 11.7 Å². The second-order valence-corrected chi connectivity index (χ2v) is 7.05. The van der Waals surface area contributed by atoms with Crippen molar-refractivity contribution in [2.24, 2.45) is 0 Å². The molecule has 0 radical (unpaired) electrons. The number of nitrogen functional groups attached to an aromatic ring is 1. The van der Waals surface area contributed by atoms with Crippen LogP contribution in [0.5, 0.6) is 0 Å². The number of hydrogen-bond acceptors (Lipinski definition) is 8. The number of rotatable bonds is 2.